The van der Waals surface area contributed by atoms with Crippen LogP contribution in [0.2, 0.25) is 0 Å². The highest BCUT2D eigenvalue weighted by Gasteiger charge is 2.40. The lowest BCUT2D eigenvalue weighted by atomic mass is 10.1. The zero-order valence-corrected chi connectivity index (χ0v) is 13.0. The van der Waals surface area contributed by atoms with Gasteiger partial charge < -0.3 is 10.4 Å². The van der Waals surface area contributed by atoms with Crippen LogP contribution in [-0.4, -0.2) is 28.9 Å². The number of nitrogens with one attached hydrogen (secondary N) is 1. The molecule has 1 atom stereocenters. The average molecular weight is 324 g/mol. The summed E-state index contributed by atoms with van der Waals surface area (Å²) in [6.07, 6.45) is 0.0322. The number of benzene rings is 2. The molecule has 1 heterocycles. The van der Waals surface area contributed by atoms with Crippen molar-refractivity contribution in [3.8, 4) is 0 Å². The fourth-order valence-electron chi connectivity index (χ4n) is 2.72. The van der Waals surface area contributed by atoms with Crippen molar-refractivity contribution in [1.82, 2.24) is 0 Å². The molecule has 2 amide bonds. The smallest absolute Gasteiger partial charge is 0.335 e. The highest BCUT2D eigenvalue weighted by atomic mass is 16.4. The topological polar surface area (TPSA) is 86.7 Å². The third-order valence-corrected chi connectivity index (χ3v) is 3.96. The summed E-state index contributed by atoms with van der Waals surface area (Å²) >= 11 is 0. The number of aromatic carboxylic acids is 1. The van der Waals surface area contributed by atoms with Gasteiger partial charge >= 0.3 is 5.97 Å². The fourth-order valence-corrected chi connectivity index (χ4v) is 2.72. The molecular formula is C18H16N2O4. The first-order valence-corrected chi connectivity index (χ1v) is 7.49. The van der Waals surface area contributed by atoms with Crippen molar-refractivity contribution in [2.75, 3.05) is 10.2 Å². The Morgan fingerprint density at radius 1 is 1.17 bits per heavy atom. The molecule has 0 bridgehead atoms. The highest BCUT2D eigenvalue weighted by Crippen LogP contribution is 2.28. The van der Waals surface area contributed by atoms with Crippen LogP contribution in [0.3, 0.4) is 0 Å². The number of anilines is 2. The number of carbonyl (C=O) groups is 3. The van der Waals surface area contributed by atoms with E-state index in [-0.39, 0.29) is 23.8 Å². The molecule has 1 aliphatic rings. The van der Waals surface area contributed by atoms with Gasteiger partial charge in [-0.1, -0.05) is 24.3 Å². The lowest BCUT2D eigenvalue weighted by Gasteiger charge is -2.18. The summed E-state index contributed by atoms with van der Waals surface area (Å²) < 4.78 is 0. The molecule has 0 spiro atoms. The Morgan fingerprint density at radius 2 is 1.88 bits per heavy atom. The normalized spacial score (nSPS) is 17.2. The Morgan fingerprint density at radius 3 is 2.54 bits per heavy atom. The Hall–Kier alpha value is -3.15. The zero-order valence-electron chi connectivity index (χ0n) is 13.0. The van der Waals surface area contributed by atoms with Crippen LogP contribution in [0, 0.1) is 6.92 Å². The van der Waals surface area contributed by atoms with Crippen molar-refractivity contribution in [2.45, 2.75) is 19.4 Å². The molecule has 24 heavy (non-hydrogen) atoms. The largest absolute Gasteiger partial charge is 0.478 e. The molecule has 1 saturated heterocycles. The molecule has 2 aromatic carbocycles. The molecule has 2 N–H and O–H groups in total. The molecule has 1 aliphatic heterocycles. The van der Waals surface area contributed by atoms with E-state index in [1.54, 1.807) is 13.0 Å². The van der Waals surface area contributed by atoms with Crippen LogP contribution < -0.4 is 10.2 Å². The summed E-state index contributed by atoms with van der Waals surface area (Å²) in [5.41, 5.74) is 1.78. The lowest BCUT2D eigenvalue weighted by Crippen LogP contribution is -2.35. The SMILES string of the molecule is Cc1ccc(C(=O)O)cc1N1C(=O)C[C@H](Nc2ccccc2)C1=O. The van der Waals surface area contributed by atoms with Gasteiger partial charge in [-0.25, -0.2) is 9.69 Å². The fraction of sp³-hybridized carbons (Fsp3) is 0.167. The first-order valence-electron chi connectivity index (χ1n) is 7.49. The third-order valence-electron chi connectivity index (χ3n) is 3.96. The molecule has 0 aromatic heterocycles. The van der Waals surface area contributed by atoms with Crippen molar-refractivity contribution < 1.29 is 19.5 Å². The Bertz CT molecular complexity index is 817. The van der Waals surface area contributed by atoms with Gasteiger partial charge in [0.15, 0.2) is 0 Å². The summed E-state index contributed by atoms with van der Waals surface area (Å²) in [6.45, 7) is 1.74. The van der Waals surface area contributed by atoms with Crippen LogP contribution in [0.15, 0.2) is 48.5 Å². The van der Waals surface area contributed by atoms with E-state index >= 15 is 0 Å². The summed E-state index contributed by atoms with van der Waals surface area (Å²) in [5, 5.41) is 12.2. The molecule has 3 rings (SSSR count). The number of nitrogens with zero attached hydrogens (tertiary/aromatic N) is 1. The van der Waals surface area contributed by atoms with Gasteiger partial charge in [0.25, 0.3) is 5.91 Å². The number of aryl methyl sites for hydroxylation is 1. The van der Waals surface area contributed by atoms with Gasteiger partial charge in [0.1, 0.15) is 6.04 Å². The maximum absolute atomic E-state index is 12.6. The van der Waals surface area contributed by atoms with Crippen molar-refractivity contribution in [3.63, 3.8) is 0 Å². The monoisotopic (exact) mass is 324 g/mol. The highest BCUT2D eigenvalue weighted by molar-refractivity contribution is 6.23. The van der Waals surface area contributed by atoms with Crippen LogP contribution >= 0.6 is 0 Å². The molecule has 2 aromatic rings. The van der Waals surface area contributed by atoms with Crippen LogP contribution in [0.25, 0.3) is 0 Å². The van der Waals surface area contributed by atoms with Crippen molar-refractivity contribution >= 4 is 29.2 Å². The van der Waals surface area contributed by atoms with Crippen LogP contribution in [-0.2, 0) is 9.59 Å². The molecule has 122 valence electrons. The number of amides is 2. The molecular weight excluding hydrogens is 308 g/mol. The number of rotatable bonds is 4. The minimum Gasteiger partial charge on any atom is -0.478 e. The van der Waals surface area contributed by atoms with Gasteiger partial charge in [-0.3, -0.25) is 9.59 Å². The summed E-state index contributed by atoms with van der Waals surface area (Å²) in [6, 6.07) is 12.9. The summed E-state index contributed by atoms with van der Waals surface area (Å²) in [7, 11) is 0. The molecule has 1 fully saturated rings. The Labute approximate surface area is 138 Å². The molecule has 0 unspecified atom stereocenters. The summed E-state index contributed by atoms with van der Waals surface area (Å²) in [4.78, 5) is 37.2. The van der Waals surface area contributed by atoms with Crippen LogP contribution in [0.1, 0.15) is 22.3 Å². The van der Waals surface area contributed by atoms with Crippen molar-refractivity contribution in [3.05, 3.63) is 59.7 Å². The van der Waals surface area contributed by atoms with Gasteiger partial charge in [-0.2, -0.15) is 0 Å². The maximum Gasteiger partial charge on any atom is 0.335 e. The minimum absolute atomic E-state index is 0.0322. The van der Waals surface area contributed by atoms with E-state index < -0.39 is 12.0 Å². The third kappa shape index (κ3) is 2.86. The molecule has 0 saturated carbocycles. The first kappa shape index (κ1) is 15.7. The van der Waals surface area contributed by atoms with E-state index in [2.05, 4.69) is 5.32 Å². The Kier molecular flexibility index (Phi) is 4.04. The molecule has 0 radical (unpaired) electrons. The van der Waals surface area contributed by atoms with Crippen LogP contribution in [0.4, 0.5) is 11.4 Å². The number of carboxylic acid groups (broad SMARTS) is 1. The second-order valence-corrected chi connectivity index (χ2v) is 5.64. The van der Waals surface area contributed by atoms with Gasteiger partial charge in [0.2, 0.25) is 5.91 Å². The predicted molar refractivity (Wildman–Crippen MR) is 89.1 cm³/mol. The van der Waals surface area contributed by atoms with Crippen LogP contribution in [0.5, 0.6) is 0 Å². The van der Waals surface area contributed by atoms with Gasteiger partial charge in [-0.15, -0.1) is 0 Å². The van der Waals surface area contributed by atoms with Gasteiger partial charge in [0.05, 0.1) is 17.7 Å². The molecule has 0 aliphatic carbocycles. The van der Waals surface area contributed by atoms with Crippen molar-refractivity contribution in [1.29, 1.82) is 0 Å². The van der Waals surface area contributed by atoms with E-state index in [0.717, 1.165) is 10.6 Å². The van der Waals surface area contributed by atoms with E-state index in [1.165, 1.54) is 12.1 Å². The number of carbonyl (C=O) groups excluding carboxylic acids is 2. The second-order valence-electron chi connectivity index (χ2n) is 5.64. The quantitative estimate of drug-likeness (QED) is 0.844. The number of hydrogen-bond donors (Lipinski definition) is 2. The number of imide groups is 1. The summed E-state index contributed by atoms with van der Waals surface area (Å²) in [5.74, 6) is -1.83. The number of para-hydroxylation sites is 1. The average Bonchev–Trinajstić information content (AvgIpc) is 2.83. The van der Waals surface area contributed by atoms with Gasteiger partial charge in [-0.05, 0) is 36.8 Å². The standard InChI is InChI=1S/C18H16N2O4/c1-11-7-8-12(18(23)24)9-15(11)20-16(21)10-14(17(20)22)19-13-5-3-2-4-6-13/h2-9,14,19H,10H2,1H3,(H,23,24)/t14-/m0/s1. The Balaban J connectivity index is 1.90. The number of hydrogen-bond acceptors (Lipinski definition) is 4. The first-order chi connectivity index (χ1) is 11.5. The second kappa shape index (κ2) is 6.16. The molecule has 6 heteroatoms. The number of carboxylic acids is 1. The minimum atomic E-state index is -1.10. The predicted octanol–water partition coefficient (Wildman–Crippen LogP) is 2.44. The van der Waals surface area contributed by atoms with E-state index in [4.69, 9.17) is 5.11 Å². The van der Waals surface area contributed by atoms with Gasteiger partial charge in [0, 0.05) is 5.69 Å². The van der Waals surface area contributed by atoms with E-state index in [0.29, 0.717) is 11.3 Å². The maximum atomic E-state index is 12.6. The van der Waals surface area contributed by atoms with E-state index in [1.807, 2.05) is 30.3 Å². The van der Waals surface area contributed by atoms with E-state index in [9.17, 15) is 14.4 Å². The molecule has 6 nitrogen and oxygen atoms in total. The zero-order chi connectivity index (χ0) is 17.3. The van der Waals surface area contributed by atoms with Crippen molar-refractivity contribution in [2.24, 2.45) is 0 Å². The lowest BCUT2D eigenvalue weighted by molar-refractivity contribution is -0.121.